The second-order valence-electron chi connectivity index (χ2n) is 4.88. The first-order valence-corrected chi connectivity index (χ1v) is 6.96. The van der Waals surface area contributed by atoms with Gasteiger partial charge in [-0.25, -0.2) is 8.78 Å². The van der Waals surface area contributed by atoms with Gasteiger partial charge >= 0.3 is 0 Å². The predicted molar refractivity (Wildman–Crippen MR) is 71.7 cm³/mol. The highest BCUT2D eigenvalue weighted by Crippen LogP contribution is 2.18. The van der Waals surface area contributed by atoms with E-state index in [-0.39, 0.29) is 35.9 Å². The van der Waals surface area contributed by atoms with Gasteiger partial charge in [-0.05, 0) is 19.1 Å². The number of alkyl halides is 1. The Labute approximate surface area is 121 Å². The molecule has 1 saturated heterocycles. The lowest BCUT2D eigenvalue weighted by Crippen LogP contribution is -2.52. The Morgan fingerprint density at radius 3 is 2.70 bits per heavy atom. The normalized spacial score (nSPS) is 22.9. The lowest BCUT2D eigenvalue weighted by Gasteiger charge is -2.37. The first kappa shape index (κ1) is 15.2. The van der Waals surface area contributed by atoms with Gasteiger partial charge in [-0.2, -0.15) is 0 Å². The third-order valence-corrected chi connectivity index (χ3v) is 3.73. The van der Waals surface area contributed by atoms with E-state index < -0.39 is 11.6 Å². The molecular weight excluding hydrogens is 288 g/mol. The minimum Gasteiger partial charge on any atom is -0.373 e. The summed E-state index contributed by atoms with van der Waals surface area (Å²) in [6.45, 7) is 2.56. The van der Waals surface area contributed by atoms with Gasteiger partial charge in [-0.15, -0.1) is 11.6 Å². The van der Waals surface area contributed by atoms with Gasteiger partial charge in [0.25, 0.3) is 0 Å². The molecule has 6 heteroatoms. The maximum Gasteiger partial charge on any atom is 0.227 e. The summed E-state index contributed by atoms with van der Waals surface area (Å²) in [4.78, 5) is 13.8. The van der Waals surface area contributed by atoms with E-state index >= 15 is 0 Å². The van der Waals surface area contributed by atoms with Crippen molar-refractivity contribution in [3.8, 4) is 0 Å². The summed E-state index contributed by atoms with van der Waals surface area (Å²) in [5.41, 5.74) is -0.196. The highest BCUT2D eigenvalue weighted by molar-refractivity contribution is 6.18. The van der Waals surface area contributed by atoms with Crippen LogP contribution in [0.5, 0.6) is 0 Å². The number of ether oxygens (including phenoxy) is 1. The fourth-order valence-electron chi connectivity index (χ4n) is 2.21. The summed E-state index contributed by atoms with van der Waals surface area (Å²) in [5.74, 6) is -1.44. The van der Waals surface area contributed by atoms with E-state index in [4.69, 9.17) is 16.3 Å². The first-order valence-electron chi connectivity index (χ1n) is 6.42. The summed E-state index contributed by atoms with van der Waals surface area (Å²) in [6.07, 6.45) is -0.528. The van der Waals surface area contributed by atoms with E-state index in [0.29, 0.717) is 13.2 Å². The van der Waals surface area contributed by atoms with Crippen LogP contribution >= 0.6 is 11.6 Å². The number of benzene rings is 1. The van der Waals surface area contributed by atoms with E-state index in [9.17, 15) is 13.6 Å². The first-order chi connectivity index (χ1) is 9.52. The fraction of sp³-hybridized carbons (Fsp3) is 0.500. The summed E-state index contributed by atoms with van der Waals surface area (Å²) in [5, 5.41) is 0. The van der Waals surface area contributed by atoms with Crippen LogP contribution in [0.3, 0.4) is 0 Å². The molecule has 0 aromatic heterocycles. The van der Waals surface area contributed by atoms with Crippen LogP contribution in [0, 0.1) is 11.6 Å². The molecule has 1 aromatic rings. The van der Waals surface area contributed by atoms with Crippen molar-refractivity contribution in [2.45, 2.75) is 25.5 Å². The second kappa shape index (κ2) is 6.50. The standard InChI is InChI=1S/C14H16ClF2NO2/c1-9-8-20-10(6-15)7-18(9)14(19)5-11-12(16)3-2-4-13(11)17/h2-4,9-10H,5-8H2,1H3. The molecule has 0 aliphatic carbocycles. The largest absolute Gasteiger partial charge is 0.373 e. The maximum absolute atomic E-state index is 13.6. The number of rotatable bonds is 3. The lowest BCUT2D eigenvalue weighted by molar-refractivity contribution is -0.142. The molecule has 1 aromatic carbocycles. The number of hydrogen-bond donors (Lipinski definition) is 0. The minimum atomic E-state index is -0.701. The van der Waals surface area contributed by atoms with Crippen LogP contribution in [-0.4, -0.2) is 42.0 Å². The summed E-state index contributed by atoms with van der Waals surface area (Å²) < 4.78 is 32.6. The topological polar surface area (TPSA) is 29.5 Å². The Bertz CT molecular complexity index is 478. The van der Waals surface area contributed by atoms with Gasteiger partial charge in [-0.3, -0.25) is 4.79 Å². The molecule has 1 heterocycles. The molecule has 1 aliphatic heterocycles. The molecule has 0 spiro atoms. The van der Waals surface area contributed by atoms with Crippen molar-refractivity contribution in [2.75, 3.05) is 19.0 Å². The van der Waals surface area contributed by atoms with Crippen LogP contribution < -0.4 is 0 Å². The quantitative estimate of drug-likeness (QED) is 0.802. The van der Waals surface area contributed by atoms with Gasteiger partial charge in [0.05, 0.1) is 31.1 Å². The fourth-order valence-corrected chi connectivity index (χ4v) is 2.40. The Morgan fingerprint density at radius 1 is 1.45 bits per heavy atom. The predicted octanol–water partition coefficient (Wildman–Crippen LogP) is 2.36. The van der Waals surface area contributed by atoms with Gasteiger partial charge in [0, 0.05) is 12.1 Å². The van der Waals surface area contributed by atoms with Gasteiger partial charge in [-0.1, -0.05) is 6.07 Å². The highest BCUT2D eigenvalue weighted by atomic mass is 35.5. The molecule has 0 bridgehead atoms. The number of carbonyl (C=O) groups excluding carboxylic acids is 1. The third-order valence-electron chi connectivity index (χ3n) is 3.39. The van der Waals surface area contributed by atoms with Gasteiger partial charge in [0.1, 0.15) is 11.6 Å². The molecule has 110 valence electrons. The van der Waals surface area contributed by atoms with E-state index in [2.05, 4.69) is 0 Å². The van der Waals surface area contributed by atoms with Crippen LogP contribution in [-0.2, 0) is 16.0 Å². The van der Waals surface area contributed by atoms with E-state index in [1.165, 1.54) is 6.07 Å². The molecule has 20 heavy (non-hydrogen) atoms. The van der Waals surface area contributed by atoms with Crippen molar-refractivity contribution in [3.05, 3.63) is 35.4 Å². The molecule has 2 unspecified atom stereocenters. The van der Waals surface area contributed by atoms with Crippen LogP contribution in [0.2, 0.25) is 0 Å². The zero-order valence-electron chi connectivity index (χ0n) is 11.1. The van der Waals surface area contributed by atoms with Crippen molar-refractivity contribution < 1.29 is 18.3 Å². The van der Waals surface area contributed by atoms with Crippen molar-refractivity contribution in [2.24, 2.45) is 0 Å². The van der Waals surface area contributed by atoms with Crippen molar-refractivity contribution in [1.29, 1.82) is 0 Å². The number of morpholine rings is 1. The molecule has 0 N–H and O–H groups in total. The average molecular weight is 304 g/mol. The van der Waals surface area contributed by atoms with Crippen LogP contribution in [0.15, 0.2) is 18.2 Å². The van der Waals surface area contributed by atoms with E-state index in [0.717, 1.165) is 12.1 Å². The molecular formula is C14H16ClF2NO2. The number of carbonyl (C=O) groups is 1. The molecule has 1 aliphatic rings. The van der Waals surface area contributed by atoms with Crippen molar-refractivity contribution in [3.63, 3.8) is 0 Å². The smallest absolute Gasteiger partial charge is 0.227 e. The van der Waals surface area contributed by atoms with Crippen molar-refractivity contribution in [1.82, 2.24) is 4.90 Å². The van der Waals surface area contributed by atoms with Gasteiger partial charge < -0.3 is 9.64 Å². The average Bonchev–Trinajstić information content (AvgIpc) is 2.43. The Balaban J connectivity index is 2.11. The van der Waals surface area contributed by atoms with Crippen molar-refractivity contribution >= 4 is 17.5 Å². The van der Waals surface area contributed by atoms with E-state index in [1.54, 1.807) is 4.90 Å². The molecule has 2 atom stereocenters. The molecule has 0 radical (unpaired) electrons. The lowest BCUT2D eigenvalue weighted by atomic mass is 10.1. The monoisotopic (exact) mass is 303 g/mol. The van der Waals surface area contributed by atoms with Crippen LogP contribution in [0.4, 0.5) is 8.78 Å². The molecule has 1 amide bonds. The number of hydrogen-bond acceptors (Lipinski definition) is 2. The zero-order chi connectivity index (χ0) is 14.7. The third kappa shape index (κ3) is 3.27. The zero-order valence-corrected chi connectivity index (χ0v) is 11.9. The minimum absolute atomic E-state index is 0.128. The Hall–Kier alpha value is -1.20. The van der Waals surface area contributed by atoms with Gasteiger partial charge in [0.2, 0.25) is 5.91 Å². The summed E-state index contributed by atoms with van der Waals surface area (Å²) in [6, 6.07) is 3.45. The molecule has 0 saturated carbocycles. The molecule has 2 rings (SSSR count). The number of halogens is 3. The Morgan fingerprint density at radius 2 is 2.10 bits per heavy atom. The van der Waals surface area contributed by atoms with Crippen LogP contribution in [0.1, 0.15) is 12.5 Å². The van der Waals surface area contributed by atoms with Crippen LogP contribution in [0.25, 0.3) is 0 Å². The molecule has 1 fully saturated rings. The van der Waals surface area contributed by atoms with E-state index in [1.807, 2.05) is 6.92 Å². The summed E-state index contributed by atoms with van der Waals surface area (Å²) >= 11 is 5.73. The second-order valence-corrected chi connectivity index (χ2v) is 5.19. The highest BCUT2D eigenvalue weighted by Gasteiger charge is 2.30. The van der Waals surface area contributed by atoms with Gasteiger partial charge in [0.15, 0.2) is 0 Å². The summed E-state index contributed by atoms with van der Waals surface area (Å²) in [7, 11) is 0. The number of amides is 1. The molecule has 3 nitrogen and oxygen atoms in total. The maximum atomic E-state index is 13.6. The number of nitrogens with zero attached hydrogens (tertiary/aromatic N) is 1. The SMILES string of the molecule is CC1COC(CCl)CN1C(=O)Cc1c(F)cccc1F. The Kier molecular flexibility index (Phi) is 4.94.